The van der Waals surface area contributed by atoms with Crippen molar-refractivity contribution in [1.82, 2.24) is 4.90 Å². The van der Waals surface area contributed by atoms with Crippen molar-refractivity contribution in [3.05, 3.63) is 51.5 Å². The molecule has 1 aromatic rings. The van der Waals surface area contributed by atoms with Crippen molar-refractivity contribution >= 4 is 27.5 Å². The third-order valence-corrected chi connectivity index (χ3v) is 5.89. The number of likely N-dealkylation sites (tertiary alicyclic amines) is 1. The molecule has 2 aliphatic rings. The second-order valence-electron chi connectivity index (χ2n) is 7.79. The Morgan fingerprint density at radius 2 is 1.92 bits per heavy atom. The van der Waals surface area contributed by atoms with E-state index in [0.717, 1.165) is 17.4 Å². The summed E-state index contributed by atoms with van der Waals surface area (Å²) in [6.07, 6.45) is 6.09. The molecule has 0 radical (unpaired) electrons. The summed E-state index contributed by atoms with van der Waals surface area (Å²) in [5, 5.41) is 0. The van der Waals surface area contributed by atoms with Gasteiger partial charge in [0.05, 0.1) is 0 Å². The van der Waals surface area contributed by atoms with E-state index in [1.807, 2.05) is 11.9 Å². The molecule has 0 bridgehead atoms. The van der Waals surface area contributed by atoms with Crippen LogP contribution in [0.1, 0.15) is 46.1 Å². The van der Waals surface area contributed by atoms with E-state index in [0.29, 0.717) is 6.42 Å². The molecule has 0 N–H and O–H groups in total. The molecule has 1 aromatic carbocycles. The Balaban J connectivity index is 2.16. The first kappa shape index (κ1) is 18.2. The number of carbonyl (C=O) groups excluding carboxylic acids is 1. The SMILES string of the molecule is CC(C)=CCN1c2cc(Br)ccc2[C@@]2(CC=C(C)C)CC(=O)N(C)[C@@H]12. The maximum absolute atomic E-state index is 12.7. The molecule has 1 fully saturated rings. The van der Waals surface area contributed by atoms with Crippen molar-refractivity contribution in [2.75, 3.05) is 18.5 Å². The van der Waals surface area contributed by atoms with Gasteiger partial charge in [-0.1, -0.05) is 45.3 Å². The fraction of sp³-hybridized carbons (Fsp3) is 0.476. The molecule has 1 amide bonds. The largest absolute Gasteiger partial charge is 0.346 e. The number of benzene rings is 1. The predicted molar refractivity (Wildman–Crippen MR) is 108 cm³/mol. The van der Waals surface area contributed by atoms with Gasteiger partial charge in [-0.3, -0.25) is 4.79 Å². The number of amides is 1. The standard InChI is InChI=1S/C21H27BrN2O/c1-14(2)8-10-21-13-19(25)23(5)20(21)24(11-9-15(3)4)18-12-16(22)6-7-17(18)21/h6-9,12,20H,10-11,13H2,1-5H3/t20-,21+/m0/s1. The molecule has 1 saturated heterocycles. The molecule has 134 valence electrons. The van der Waals surface area contributed by atoms with Gasteiger partial charge in [-0.25, -0.2) is 0 Å². The Bertz CT molecular complexity index is 759. The van der Waals surface area contributed by atoms with Crippen molar-refractivity contribution in [2.24, 2.45) is 0 Å². The van der Waals surface area contributed by atoms with Crippen LogP contribution in [0.15, 0.2) is 46.0 Å². The minimum atomic E-state index is -0.158. The molecule has 3 nitrogen and oxygen atoms in total. The zero-order valence-electron chi connectivity index (χ0n) is 15.8. The molecule has 0 aromatic heterocycles. The van der Waals surface area contributed by atoms with E-state index in [2.05, 4.69) is 78.9 Å². The molecular weight excluding hydrogens is 376 g/mol. The maximum atomic E-state index is 12.7. The van der Waals surface area contributed by atoms with Crippen LogP contribution in [0.5, 0.6) is 0 Å². The van der Waals surface area contributed by atoms with Crippen LogP contribution >= 0.6 is 15.9 Å². The van der Waals surface area contributed by atoms with Crippen molar-refractivity contribution < 1.29 is 4.79 Å². The molecule has 0 saturated carbocycles. The number of halogens is 1. The van der Waals surface area contributed by atoms with Crippen LogP contribution in [0.3, 0.4) is 0 Å². The van der Waals surface area contributed by atoms with Gasteiger partial charge in [-0.05, 0) is 51.8 Å². The van der Waals surface area contributed by atoms with Gasteiger partial charge in [0.25, 0.3) is 0 Å². The molecule has 3 rings (SSSR count). The summed E-state index contributed by atoms with van der Waals surface area (Å²) in [7, 11) is 1.95. The highest BCUT2D eigenvalue weighted by molar-refractivity contribution is 9.10. The number of likely N-dealkylation sites (N-methyl/N-ethyl adjacent to an activating group) is 1. The molecule has 2 heterocycles. The summed E-state index contributed by atoms with van der Waals surface area (Å²) in [5.41, 5.74) is 4.99. The molecule has 0 unspecified atom stereocenters. The minimum Gasteiger partial charge on any atom is -0.346 e. The molecule has 2 atom stereocenters. The van der Waals surface area contributed by atoms with Crippen LogP contribution in [-0.4, -0.2) is 30.6 Å². The van der Waals surface area contributed by atoms with E-state index in [1.165, 1.54) is 22.4 Å². The van der Waals surface area contributed by atoms with Gasteiger partial charge in [0, 0.05) is 35.6 Å². The zero-order chi connectivity index (χ0) is 18.4. The number of fused-ring (bicyclic) bond motifs is 3. The Kier molecular flexibility index (Phi) is 4.84. The van der Waals surface area contributed by atoms with Gasteiger partial charge in [0.1, 0.15) is 6.17 Å². The van der Waals surface area contributed by atoms with Gasteiger partial charge < -0.3 is 9.80 Å². The summed E-state index contributed by atoms with van der Waals surface area (Å²) in [6, 6.07) is 6.52. The number of rotatable bonds is 4. The summed E-state index contributed by atoms with van der Waals surface area (Å²) in [5.74, 6) is 0.239. The lowest BCUT2D eigenvalue weighted by molar-refractivity contribution is -0.127. The third-order valence-electron chi connectivity index (χ3n) is 5.39. The quantitative estimate of drug-likeness (QED) is 0.660. The highest BCUT2D eigenvalue weighted by Gasteiger charge is 2.58. The number of carbonyl (C=O) groups is 1. The van der Waals surface area contributed by atoms with Crippen LogP contribution in [0.2, 0.25) is 0 Å². The van der Waals surface area contributed by atoms with Crippen LogP contribution in [0, 0.1) is 0 Å². The van der Waals surface area contributed by atoms with E-state index >= 15 is 0 Å². The van der Waals surface area contributed by atoms with E-state index < -0.39 is 0 Å². The second kappa shape index (κ2) is 6.64. The fourth-order valence-corrected chi connectivity index (χ4v) is 4.53. The van der Waals surface area contributed by atoms with Crippen LogP contribution in [-0.2, 0) is 10.2 Å². The van der Waals surface area contributed by atoms with Crippen LogP contribution < -0.4 is 4.90 Å². The molecular formula is C21H27BrN2O. The van der Waals surface area contributed by atoms with E-state index in [9.17, 15) is 4.79 Å². The maximum Gasteiger partial charge on any atom is 0.225 e. The monoisotopic (exact) mass is 402 g/mol. The van der Waals surface area contributed by atoms with E-state index in [1.54, 1.807) is 0 Å². The van der Waals surface area contributed by atoms with E-state index in [-0.39, 0.29) is 17.5 Å². The number of allylic oxidation sites excluding steroid dienone is 3. The predicted octanol–water partition coefficient (Wildman–Crippen LogP) is 5.02. The normalized spacial score (nSPS) is 24.2. The van der Waals surface area contributed by atoms with E-state index in [4.69, 9.17) is 0 Å². The Hall–Kier alpha value is -1.55. The summed E-state index contributed by atoms with van der Waals surface area (Å²) in [4.78, 5) is 17.0. The minimum absolute atomic E-state index is 0.0792. The molecule has 2 aliphatic heterocycles. The second-order valence-corrected chi connectivity index (χ2v) is 8.71. The lowest BCUT2D eigenvalue weighted by Gasteiger charge is -2.36. The van der Waals surface area contributed by atoms with Gasteiger partial charge in [-0.15, -0.1) is 0 Å². The Morgan fingerprint density at radius 3 is 2.56 bits per heavy atom. The van der Waals surface area contributed by atoms with Crippen molar-refractivity contribution in [3.63, 3.8) is 0 Å². The van der Waals surface area contributed by atoms with Crippen molar-refractivity contribution in [1.29, 1.82) is 0 Å². The highest BCUT2D eigenvalue weighted by atomic mass is 79.9. The summed E-state index contributed by atoms with van der Waals surface area (Å²) in [6.45, 7) is 9.33. The topological polar surface area (TPSA) is 23.6 Å². The zero-order valence-corrected chi connectivity index (χ0v) is 17.4. The first-order valence-electron chi connectivity index (χ1n) is 8.85. The third kappa shape index (κ3) is 3.05. The molecule has 25 heavy (non-hydrogen) atoms. The van der Waals surface area contributed by atoms with Crippen molar-refractivity contribution in [3.8, 4) is 0 Å². The van der Waals surface area contributed by atoms with Gasteiger partial charge in [-0.2, -0.15) is 0 Å². The highest BCUT2D eigenvalue weighted by Crippen LogP contribution is 2.54. The Morgan fingerprint density at radius 1 is 1.24 bits per heavy atom. The summed E-state index contributed by atoms with van der Waals surface area (Å²) < 4.78 is 1.08. The Labute approximate surface area is 159 Å². The lowest BCUT2D eigenvalue weighted by Crippen LogP contribution is -2.49. The van der Waals surface area contributed by atoms with Crippen molar-refractivity contribution in [2.45, 2.75) is 52.1 Å². The molecule has 0 spiro atoms. The molecule has 4 heteroatoms. The first-order valence-corrected chi connectivity index (χ1v) is 9.64. The van der Waals surface area contributed by atoms with Crippen LogP contribution in [0.25, 0.3) is 0 Å². The van der Waals surface area contributed by atoms with Gasteiger partial charge in [0.15, 0.2) is 0 Å². The average Bonchev–Trinajstić information content (AvgIpc) is 2.93. The smallest absolute Gasteiger partial charge is 0.225 e. The number of hydrogen-bond donors (Lipinski definition) is 0. The summed E-state index contributed by atoms with van der Waals surface area (Å²) >= 11 is 3.62. The van der Waals surface area contributed by atoms with Crippen LogP contribution in [0.4, 0.5) is 5.69 Å². The number of hydrogen-bond acceptors (Lipinski definition) is 2. The number of anilines is 1. The first-order chi connectivity index (χ1) is 11.8. The lowest BCUT2D eigenvalue weighted by atomic mass is 9.76. The number of nitrogens with zero attached hydrogens (tertiary/aromatic N) is 2. The molecule has 0 aliphatic carbocycles. The fourth-order valence-electron chi connectivity index (χ4n) is 4.18. The van der Waals surface area contributed by atoms with Gasteiger partial charge in [0.2, 0.25) is 5.91 Å². The van der Waals surface area contributed by atoms with Gasteiger partial charge >= 0.3 is 0 Å². The average molecular weight is 403 g/mol.